The van der Waals surface area contributed by atoms with Crippen LogP contribution in [-0.4, -0.2) is 38.2 Å². The third-order valence-electron chi connectivity index (χ3n) is 2.51. The summed E-state index contributed by atoms with van der Waals surface area (Å²) in [5, 5.41) is 3.31. The molecule has 96 valence electrons. The van der Waals surface area contributed by atoms with E-state index in [1.54, 1.807) is 0 Å². The van der Waals surface area contributed by atoms with Crippen LogP contribution in [0.5, 0.6) is 0 Å². The SMILES string of the molecule is COC(=O)C(C)(C)CNCCCCCSC. The lowest BCUT2D eigenvalue weighted by atomic mass is 9.94. The fourth-order valence-electron chi connectivity index (χ4n) is 1.42. The number of thioether (sulfide) groups is 1. The molecule has 0 aromatic rings. The van der Waals surface area contributed by atoms with Gasteiger partial charge < -0.3 is 10.1 Å². The maximum absolute atomic E-state index is 11.4. The summed E-state index contributed by atoms with van der Waals surface area (Å²) >= 11 is 1.89. The fraction of sp³-hybridized carbons (Fsp3) is 0.917. The number of rotatable bonds is 9. The molecule has 0 aliphatic heterocycles. The minimum absolute atomic E-state index is 0.151. The predicted octanol–water partition coefficient (Wildman–Crippen LogP) is 2.31. The normalized spacial score (nSPS) is 11.5. The highest BCUT2D eigenvalue weighted by Gasteiger charge is 2.27. The van der Waals surface area contributed by atoms with Crippen molar-refractivity contribution < 1.29 is 9.53 Å². The quantitative estimate of drug-likeness (QED) is 0.501. The van der Waals surface area contributed by atoms with E-state index in [2.05, 4.69) is 11.6 Å². The van der Waals surface area contributed by atoms with Gasteiger partial charge in [-0.3, -0.25) is 4.79 Å². The molecule has 0 saturated carbocycles. The second-order valence-corrected chi connectivity index (χ2v) is 5.59. The molecule has 0 amide bonds. The zero-order chi connectivity index (χ0) is 12.4. The van der Waals surface area contributed by atoms with Crippen LogP contribution in [0.25, 0.3) is 0 Å². The number of hydrogen-bond acceptors (Lipinski definition) is 4. The highest BCUT2D eigenvalue weighted by Crippen LogP contribution is 2.15. The zero-order valence-electron chi connectivity index (χ0n) is 11.0. The lowest BCUT2D eigenvalue weighted by Crippen LogP contribution is -2.37. The zero-order valence-corrected chi connectivity index (χ0v) is 11.8. The Labute approximate surface area is 104 Å². The molecule has 0 unspecified atom stereocenters. The van der Waals surface area contributed by atoms with Crippen LogP contribution < -0.4 is 5.32 Å². The average molecular weight is 247 g/mol. The van der Waals surface area contributed by atoms with Crippen LogP contribution in [-0.2, 0) is 9.53 Å². The van der Waals surface area contributed by atoms with Crippen molar-refractivity contribution >= 4 is 17.7 Å². The molecule has 0 bridgehead atoms. The van der Waals surface area contributed by atoms with Crippen molar-refractivity contribution in [1.29, 1.82) is 0 Å². The van der Waals surface area contributed by atoms with Gasteiger partial charge in [-0.1, -0.05) is 6.42 Å². The number of ether oxygens (including phenoxy) is 1. The summed E-state index contributed by atoms with van der Waals surface area (Å²) in [6.07, 6.45) is 5.85. The Morgan fingerprint density at radius 2 is 2.00 bits per heavy atom. The second kappa shape index (κ2) is 8.88. The van der Waals surface area contributed by atoms with Gasteiger partial charge in [0.15, 0.2) is 0 Å². The number of carbonyl (C=O) groups excluding carboxylic acids is 1. The number of methoxy groups -OCH3 is 1. The molecule has 0 heterocycles. The molecule has 0 aromatic heterocycles. The second-order valence-electron chi connectivity index (χ2n) is 4.61. The Kier molecular flexibility index (Phi) is 8.76. The van der Waals surface area contributed by atoms with Crippen LogP contribution >= 0.6 is 11.8 Å². The van der Waals surface area contributed by atoms with E-state index in [0.717, 1.165) is 6.54 Å². The van der Waals surface area contributed by atoms with Crippen molar-refractivity contribution in [2.45, 2.75) is 33.1 Å². The molecule has 16 heavy (non-hydrogen) atoms. The highest BCUT2D eigenvalue weighted by molar-refractivity contribution is 7.98. The van der Waals surface area contributed by atoms with E-state index < -0.39 is 5.41 Å². The van der Waals surface area contributed by atoms with Crippen molar-refractivity contribution in [2.24, 2.45) is 5.41 Å². The van der Waals surface area contributed by atoms with Gasteiger partial charge in [-0.05, 0) is 45.2 Å². The van der Waals surface area contributed by atoms with Gasteiger partial charge in [-0.2, -0.15) is 11.8 Å². The minimum Gasteiger partial charge on any atom is -0.469 e. The van der Waals surface area contributed by atoms with Crippen molar-refractivity contribution in [3.63, 3.8) is 0 Å². The molecule has 1 N–H and O–H groups in total. The Hall–Kier alpha value is -0.220. The molecule has 0 aliphatic rings. The summed E-state index contributed by atoms with van der Waals surface area (Å²) in [6.45, 7) is 5.47. The maximum atomic E-state index is 11.4. The first-order valence-electron chi connectivity index (χ1n) is 5.82. The van der Waals surface area contributed by atoms with Crippen molar-refractivity contribution in [3.8, 4) is 0 Å². The van der Waals surface area contributed by atoms with Gasteiger partial charge in [0.1, 0.15) is 0 Å². The molecule has 0 spiro atoms. The largest absolute Gasteiger partial charge is 0.469 e. The fourth-order valence-corrected chi connectivity index (χ4v) is 1.92. The average Bonchev–Trinajstić information content (AvgIpc) is 2.26. The van der Waals surface area contributed by atoms with E-state index in [0.29, 0.717) is 6.54 Å². The summed E-state index contributed by atoms with van der Waals surface area (Å²) in [5.74, 6) is 1.09. The standard InChI is InChI=1S/C12H25NO2S/c1-12(2,11(14)15-3)10-13-8-6-5-7-9-16-4/h13H,5-10H2,1-4H3. The molecule has 0 rings (SSSR count). The molecule has 0 fully saturated rings. The number of nitrogens with one attached hydrogen (secondary N) is 1. The van der Waals surface area contributed by atoms with E-state index in [-0.39, 0.29) is 5.97 Å². The highest BCUT2D eigenvalue weighted by atomic mass is 32.2. The molecule has 0 saturated heterocycles. The summed E-state index contributed by atoms with van der Waals surface area (Å²) in [4.78, 5) is 11.4. The van der Waals surface area contributed by atoms with Crippen molar-refractivity contribution in [2.75, 3.05) is 32.2 Å². The predicted molar refractivity (Wildman–Crippen MR) is 70.9 cm³/mol. The first-order chi connectivity index (χ1) is 7.54. The Bertz CT molecular complexity index is 195. The monoisotopic (exact) mass is 247 g/mol. The number of carbonyl (C=O) groups is 1. The van der Waals surface area contributed by atoms with Crippen molar-refractivity contribution in [1.82, 2.24) is 5.32 Å². The van der Waals surface area contributed by atoms with Crippen LogP contribution in [0.1, 0.15) is 33.1 Å². The number of unbranched alkanes of at least 4 members (excludes halogenated alkanes) is 2. The van der Waals surface area contributed by atoms with Gasteiger partial charge in [-0.25, -0.2) is 0 Å². The van der Waals surface area contributed by atoms with E-state index in [4.69, 9.17) is 4.74 Å². The molecular weight excluding hydrogens is 222 g/mol. The van der Waals surface area contributed by atoms with Crippen molar-refractivity contribution in [3.05, 3.63) is 0 Å². The van der Waals surface area contributed by atoms with Gasteiger partial charge in [0.2, 0.25) is 0 Å². The molecule has 0 atom stereocenters. The van der Waals surface area contributed by atoms with E-state index >= 15 is 0 Å². The molecule has 0 aromatic carbocycles. The summed E-state index contributed by atoms with van der Waals surface area (Å²) < 4.78 is 4.74. The lowest BCUT2D eigenvalue weighted by Gasteiger charge is -2.21. The van der Waals surface area contributed by atoms with Gasteiger partial charge in [0.25, 0.3) is 0 Å². The molecular formula is C12H25NO2S. The molecule has 0 radical (unpaired) electrons. The summed E-state index contributed by atoms with van der Waals surface area (Å²) in [5.41, 5.74) is -0.423. The van der Waals surface area contributed by atoms with Gasteiger partial charge in [0.05, 0.1) is 12.5 Å². The third-order valence-corrected chi connectivity index (χ3v) is 3.20. The van der Waals surface area contributed by atoms with Crippen LogP contribution in [0.3, 0.4) is 0 Å². The third kappa shape index (κ3) is 7.12. The van der Waals surface area contributed by atoms with E-state index in [1.165, 1.54) is 32.1 Å². The Morgan fingerprint density at radius 3 is 2.56 bits per heavy atom. The summed E-state index contributed by atoms with van der Waals surface area (Å²) in [7, 11) is 1.44. The van der Waals surface area contributed by atoms with Crippen LogP contribution in [0.2, 0.25) is 0 Å². The topological polar surface area (TPSA) is 38.3 Å². The number of hydrogen-bond donors (Lipinski definition) is 1. The first-order valence-corrected chi connectivity index (χ1v) is 7.22. The van der Waals surface area contributed by atoms with Crippen LogP contribution in [0.15, 0.2) is 0 Å². The Morgan fingerprint density at radius 1 is 1.31 bits per heavy atom. The van der Waals surface area contributed by atoms with E-state index in [1.807, 2.05) is 25.6 Å². The van der Waals surface area contributed by atoms with Gasteiger partial charge in [-0.15, -0.1) is 0 Å². The van der Waals surface area contributed by atoms with Crippen LogP contribution in [0, 0.1) is 5.41 Å². The van der Waals surface area contributed by atoms with Crippen LogP contribution in [0.4, 0.5) is 0 Å². The minimum atomic E-state index is -0.423. The lowest BCUT2D eigenvalue weighted by molar-refractivity contribution is -0.150. The Balaban J connectivity index is 3.47. The molecule has 0 aliphatic carbocycles. The first kappa shape index (κ1) is 15.8. The van der Waals surface area contributed by atoms with E-state index in [9.17, 15) is 4.79 Å². The molecule has 3 nitrogen and oxygen atoms in total. The molecule has 4 heteroatoms. The maximum Gasteiger partial charge on any atom is 0.312 e. The summed E-state index contributed by atoms with van der Waals surface area (Å²) in [6, 6.07) is 0. The van der Waals surface area contributed by atoms with Gasteiger partial charge in [0, 0.05) is 6.54 Å². The number of esters is 1. The smallest absolute Gasteiger partial charge is 0.312 e. The van der Waals surface area contributed by atoms with Gasteiger partial charge >= 0.3 is 5.97 Å².